The smallest absolute Gasteiger partial charge is 0.0628 e. The van der Waals surface area contributed by atoms with Crippen molar-refractivity contribution in [1.82, 2.24) is 10.2 Å². The third kappa shape index (κ3) is 5.24. The van der Waals surface area contributed by atoms with Gasteiger partial charge in [0, 0.05) is 25.7 Å². The summed E-state index contributed by atoms with van der Waals surface area (Å²) in [6, 6.07) is 1.08. The molecule has 3 heteroatoms. The Morgan fingerprint density at radius 1 is 1.46 bits per heavy atom. The van der Waals surface area contributed by atoms with Gasteiger partial charge in [0.2, 0.25) is 0 Å². The Morgan fingerprint density at radius 2 is 2.08 bits per heavy atom. The highest BCUT2D eigenvalue weighted by Crippen LogP contribution is 2.01. The van der Waals surface area contributed by atoms with Gasteiger partial charge in [-0.2, -0.15) is 0 Å². The van der Waals surface area contributed by atoms with Crippen LogP contribution >= 0.6 is 0 Å². The summed E-state index contributed by atoms with van der Waals surface area (Å²) < 4.78 is 5.12. The number of nitrogens with zero attached hydrogens (tertiary/aromatic N) is 1. The zero-order valence-electron chi connectivity index (χ0n) is 9.63. The number of ether oxygens (including phenoxy) is 1. The topological polar surface area (TPSA) is 24.5 Å². The van der Waals surface area contributed by atoms with Crippen molar-refractivity contribution in [2.24, 2.45) is 0 Å². The minimum absolute atomic E-state index is 0.434. The molecule has 3 nitrogen and oxygen atoms in total. The molecule has 0 rings (SSSR count). The number of hydrogen-bond acceptors (Lipinski definition) is 3. The molecule has 0 aliphatic rings. The van der Waals surface area contributed by atoms with Gasteiger partial charge in [-0.3, -0.25) is 0 Å². The highest BCUT2D eigenvalue weighted by molar-refractivity contribution is 4.71. The first-order chi connectivity index (χ1) is 6.15. The van der Waals surface area contributed by atoms with Crippen molar-refractivity contribution in [3.05, 3.63) is 0 Å². The first-order valence-electron chi connectivity index (χ1n) is 5.02. The van der Waals surface area contributed by atoms with E-state index in [0.29, 0.717) is 12.1 Å². The van der Waals surface area contributed by atoms with Crippen LogP contribution in [0, 0.1) is 0 Å². The molecule has 0 saturated heterocycles. The van der Waals surface area contributed by atoms with E-state index in [-0.39, 0.29) is 0 Å². The molecule has 13 heavy (non-hydrogen) atoms. The van der Waals surface area contributed by atoms with Gasteiger partial charge in [0.15, 0.2) is 0 Å². The van der Waals surface area contributed by atoms with Crippen molar-refractivity contribution in [3.63, 3.8) is 0 Å². The predicted octanol–water partition coefficient (Wildman–Crippen LogP) is 0.951. The van der Waals surface area contributed by atoms with Crippen LogP contribution in [-0.4, -0.2) is 51.3 Å². The fourth-order valence-electron chi connectivity index (χ4n) is 1.27. The standard InChI is InChI=1S/C10H24N2O/c1-6-9(2)12(4)7-10(11-3)8-13-5/h9-11H,6-8H2,1-5H3. The molecule has 0 saturated carbocycles. The van der Waals surface area contributed by atoms with E-state index in [1.165, 1.54) is 6.42 Å². The summed E-state index contributed by atoms with van der Waals surface area (Å²) in [6.07, 6.45) is 1.19. The van der Waals surface area contributed by atoms with Gasteiger partial charge in [-0.25, -0.2) is 0 Å². The van der Waals surface area contributed by atoms with Crippen LogP contribution in [0.4, 0.5) is 0 Å². The van der Waals surface area contributed by atoms with E-state index in [4.69, 9.17) is 4.74 Å². The molecule has 0 aromatic carbocycles. The van der Waals surface area contributed by atoms with Gasteiger partial charge in [-0.1, -0.05) is 6.92 Å². The Bertz CT molecular complexity index is 119. The van der Waals surface area contributed by atoms with Crippen molar-refractivity contribution in [1.29, 1.82) is 0 Å². The van der Waals surface area contributed by atoms with Crippen molar-refractivity contribution in [3.8, 4) is 0 Å². The molecule has 0 fully saturated rings. The van der Waals surface area contributed by atoms with E-state index in [9.17, 15) is 0 Å². The first-order valence-corrected chi connectivity index (χ1v) is 5.02. The third-order valence-electron chi connectivity index (χ3n) is 2.63. The van der Waals surface area contributed by atoms with E-state index in [1.54, 1.807) is 7.11 Å². The van der Waals surface area contributed by atoms with Crippen LogP contribution in [0.5, 0.6) is 0 Å². The molecule has 2 unspecified atom stereocenters. The number of hydrogen-bond donors (Lipinski definition) is 1. The maximum absolute atomic E-state index is 5.12. The van der Waals surface area contributed by atoms with Crippen LogP contribution in [0.2, 0.25) is 0 Å². The summed E-state index contributed by atoms with van der Waals surface area (Å²) in [5, 5.41) is 3.25. The van der Waals surface area contributed by atoms with E-state index in [2.05, 4.69) is 31.1 Å². The average Bonchev–Trinajstić information content (AvgIpc) is 2.15. The number of likely N-dealkylation sites (N-methyl/N-ethyl adjacent to an activating group) is 2. The lowest BCUT2D eigenvalue weighted by atomic mass is 10.2. The van der Waals surface area contributed by atoms with Crippen molar-refractivity contribution < 1.29 is 4.74 Å². The molecule has 80 valence electrons. The average molecular weight is 188 g/mol. The molecule has 0 aliphatic heterocycles. The maximum atomic E-state index is 5.12. The zero-order valence-corrected chi connectivity index (χ0v) is 9.63. The largest absolute Gasteiger partial charge is 0.383 e. The van der Waals surface area contributed by atoms with Crippen LogP contribution in [0.15, 0.2) is 0 Å². The van der Waals surface area contributed by atoms with Gasteiger partial charge in [0.05, 0.1) is 6.61 Å². The molecule has 0 aliphatic carbocycles. The Labute approximate surface area is 82.4 Å². The highest BCUT2D eigenvalue weighted by Gasteiger charge is 2.12. The first kappa shape index (κ1) is 12.9. The Hall–Kier alpha value is -0.120. The SMILES string of the molecule is CCC(C)N(C)CC(COC)NC. The minimum atomic E-state index is 0.434. The summed E-state index contributed by atoms with van der Waals surface area (Å²) in [5.41, 5.74) is 0. The summed E-state index contributed by atoms with van der Waals surface area (Å²) >= 11 is 0. The summed E-state index contributed by atoms with van der Waals surface area (Å²) in [7, 11) is 5.88. The second kappa shape index (κ2) is 7.30. The molecule has 0 aromatic heterocycles. The van der Waals surface area contributed by atoms with Gasteiger partial charge >= 0.3 is 0 Å². The van der Waals surface area contributed by atoms with Gasteiger partial charge in [0.25, 0.3) is 0 Å². The zero-order chi connectivity index (χ0) is 10.3. The third-order valence-corrected chi connectivity index (χ3v) is 2.63. The van der Waals surface area contributed by atoms with E-state index < -0.39 is 0 Å². The van der Waals surface area contributed by atoms with Crippen LogP contribution in [0.1, 0.15) is 20.3 Å². The van der Waals surface area contributed by atoms with Crippen LogP contribution in [0.25, 0.3) is 0 Å². The molecule has 1 N–H and O–H groups in total. The molecule has 0 radical (unpaired) electrons. The minimum Gasteiger partial charge on any atom is -0.383 e. The Balaban J connectivity index is 3.78. The lowest BCUT2D eigenvalue weighted by Crippen LogP contribution is -2.43. The van der Waals surface area contributed by atoms with E-state index in [0.717, 1.165) is 13.2 Å². The Morgan fingerprint density at radius 3 is 2.46 bits per heavy atom. The normalized spacial score (nSPS) is 16.2. The second-order valence-electron chi connectivity index (χ2n) is 3.64. The maximum Gasteiger partial charge on any atom is 0.0628 e. The number of rotatable bonds is 7. The summed E-state index contributed by atoms with van der Waals surface area (Å²) in [5.74, 6) is 0. The Kier molecular flexibility index (Phi) is 7.23. The van der Waals surface area contributed by atoms with E-state index >= 15 is 0 Å². The number of nitrogens with one attached hydrogen (secondary N) is 1. The molecular weight excluding hydrogens is 164 g/mol. The van der Waals surface area contributed by atoms with E-state index in [1.807, 2.05) is 7.05 Å². The quantitative estimate of drug-likeness (QED) is 0.644. The van der Waals surface area contributed by atoms with Crippen LogP contribution in [0.3, 0.4) is 0 Å². The fraction of sp³-hybridized carbons (Fsp3) is 1.00. The molecule has 2 atom stereocenters. The predicted molar refractivity (Wildman–Crippen MR) is 57.1 cm³/mol. The summed E-state index contributed by atoms with van der Waals surface area (Å²) in [6.45, 7) is 6.28. The lowest BCUT2D eigenvalue weighted by Gasteiger charge is -2.27. The molecule has 0 aromatic rings. The van der Waals surface area contributed by atoms with Gasteiger partial charge in [0.1, 0.15) is 0 Å². The number of methoxy groups -OCH3 is 1. The lowest BCUT2D eigenvalue weighted by molar-refractivity contribution is 0.137. The van der Waals surface area contributed by atoms with Gasteiger partial charge in [-0.05, 0) is 27.4 Å². The summed E-state index contributed by atoms with van der Waals surface area (Å²) in [4.78, 5) is 2.36. The highest BCUT2D eigenvalue weighted by atomic mass is 16.5. The molecule has 0 spiro atoms. The van der Waals surface area contributed by atoms with Crippen molar-refractivity contribution in [2.75, 3.05) is 34.4 Å². The van der Waals surface area contributed by atoms with Crippen molar-refractivity contribution in [2.45, 2.75) is 32.4 Å². The molecule has 0 heterocycles. The fourth-order valence-corrected chi connectivity index (χ4v) is 1.27. The van der Waals surface area contributed by atoms with Crippen LogP contribution in [-0.2, 0) is 4.74 Å². The molecular formula is C10H24N2O. The van der Waals surface area contributed by atoms with Gasteiger partial charge < -0.3 is 15.0 Å². The second-order valence-corrected chi connectivity index (χ2v) is 3.64. The van der Waals surface area contributed by atoms with Gasteiger partial charge in [-0.15, -0.1) is 0 Å². The van der Waals surface area contributed by atoms with Crippen LogP contribution < -0.4 is 5.32 Å². The molecule has 0 bridgehead atoms. The molecule has 0 amide bonds. The monoisotopic (exact) mass is 188 g/mol. The van der Waals surface area contributed by atoms with Crippen molar-refractivity contribution >= 4 is 0 Å².